The van der Waals surface area contributed by atoms with Gasteiger partial charge >= 0.3 is 6.09 Å². The van der Waals surface area contributed by atoms with Crippen molar-refractivity contribution in [2.24, 2.45) is 28.8 Å². The molecule has 0 radical (unpaired) electrons. The van der Waals surface area contributed by atoms with Gasteiger partial charge in [-0.05, 0) is 111 Å². The Balaban J connectivity index is 1.18. The molecule has 1 saturated heterocycles. The first-order chi connectivity index (χ1) is 36.8. The number of carbonyl (C=O) groups is 2. The van der Waals surface area contributed by atoms with Gasteiger partial charge in [0.1, 0.15) is 17.5 Å². The number of hydrogen-bond donors (Lipinski definition) is 3. The molecule has 0 bridgehead atoms. The van der Waals surface area contributed by atoms with Crippen LogP contribution in [0.3, 0.4) is 0 Å². The average Bonchev–Trinajstić information content (AvgIpc) is 4.16. The first-order valence-corrected chi connectivity index (χ1v) is 29.3. The van der Waals surface area contributed by atoms with Crippen LogP contribution in [0.25, 0.3) is 0 Å². The lowest BCUT2D eigenvalue weighted by Gasteiger charge is -2.60. The fourth-order valence-electron chi connectivity index (χ4n) is 13.0. The highest BCUT2D eigenvalue weighted by Crippen LogP contribution is 2.62. The van der Waals surface area contributed by atoms with Gasteiger partial charge in [-0.25, -0.2) is 4.79 Å². The number of fused-ring (bicyclic) bond motifs is 3. The maximum absolute atomic E-state index is 15.4. The van der Waals surface area contributed by atoms with Crippen LogP contribution >= 0.6 is 0 Å². The predicted octanol–water partition coefficient (Wildman–Crippen LogP) is 12.6. The lowest BCUT2D eigenvalue weighted by molar-refractivity contribution is -0.258. The van der Waals surface area contributed by atoms with Gasteiger partial charge in [0.05, 0.1) is 24.8 Å². The van der Waals surface area contributed by atoms with Crippen LogP contribution in [0.15, 0.2) is 65.9 Å². The molecule has 8 rings (SSSR count). The van der Waals surface area contributed by atoms with Gasteiger partial charge in [0.25, 0.3) is 0 Å². The Hall–Kier alpha value is -4.63. The van der Waals surface area contributed by atoms with Gasteiger partial charge in [-0.15, -0.1) is 6.58 Å². The van der Waals surface area contributed by atoms with Crippen molar-refractivity contribution in [3.63, 3.8) is 0 Å². The summed E-state index contributed by atoms with van der Waals surface area (Å²) in [5.41, 5.74) is 3.43. The number of allylic oxidation sites excluding steroid dienone is 1. The number of nitrogens with zero attached hydrogens (tertiary/aromatic N) is 2. The molecule has 14 heteroatoms. The number of amides is 2. The number of carbonyl (C=O) groups excluding carboxylic acids is 2. The molecule has 0 aromatic heterocycles. The van der Waals surface area contributed by atoms with Crippen molar-refractivity contribution in [2.75, 3.05) is 39.8 Å². The largest absolute Gasteiger partial charge is 0.459 e. The quantitative estimate of drug-likeness (QED) is 0.0374. The van der Waals surface area contributed by atoms with Crippen molar-refractivity contribution in [1.29, 1.82) is 0 Å². The van der Waals surface area contributed by atoms with Crippen molar-refractivity contribution in [1.82, 2.24) is 10.2 Å². The molecule has 2 aromatic rings. The molecule has 2 aromatic carbocycles. The Bertz CT molecular complexity index is 2190. The summed E-state index contributed by atoms with van der Waals surface area (Å²) in [4.78, 5) is 37.4. The maximum Gasteiger partial charge on any atom is 0.412 e. The molecule has 3 fully saturated rings. The Kier molecular flexibility index (Phi) is 22.0. The van der Waals surface area contributed by atoms with E-state index in [9.17, 15) is 15.0 Å². The Labute approximate surface area is 447 Å². The van der Waals surface area contributed by atoms with Gasteiger partial charge in [-0.1, -0.05) is 127 Å². The van der Waals surface area contributed by atoms with Crippen LogP contribution in [0.4, 0.5) is 4.79 Å². The van der Waals surface area contributed by atoms with Crippen LogP contribution < -0.4 is 24.3 Å². The second-order valence-corrected chi connectivity index (χ2v) is 22.1. The summed E-state index contributed by atoms with van der Waals surface area (Å²) in [6.07, 6.45) is 28.4. The molecule has 6 aliphatic rings. The Morgan fingerprint density at radius 1 is 0.840 bits per heavy atom. The van der Waals surface area contributed by atoms with E-state index in [1.807, 2.05) is 35.2 Å². The van der Waals surface area contributed by atoms with Crippen molar-refractivity contribution in [3.05, 3.63) is 71.8 Å². The number of rotatable bonds is 31. The van der Waals surface area contributed by atoms with E-state index >= 15 is 4.79 Å². The van der Waals surface area contributed by atoms with Crippen molar-refractivity contribution in [2.45, 2.75) is 204 Å². The lowest BCUT2D eigenvalue weighted by atomic mass is 9.55. The Morgan fingerprint density at radius 3 is 2.32 bits per heavy atom. The summed E-state index contributed by atoms with van der Waals surface area (Å²) < 4.78 is 38.6. The van der Waals surface area contributed by atoms with E-state index in [1.54, 1.807) is 12.1 Å². The van der Waals surface area contributed by atoms with E-state index in [-0.39, 0.29) is 63.2 Å². The van der Waals surface area contributed by atoms with Crippen LogP contribution in [-0.2, 0) is 25.7 Å². The zero-order chi connectivity index (χ0) is 52.2. The topological polar surface area (TPSA) is 167 Å². The molecule has 14 nitrogen and oxygen atoms in total. The van der Waals surface area contributed by atoms with Gasteiger partial charge in [0.2, 0.25) is 24.8 Å². The van der Waals surface area contributed by atoms with E-state index in [4.69, 9.17) is 38.4 Å². The number of nitrogens with one attached hydrogen (secondary N) is 1. The number of oxime groups is 1. The summed E-state index contributed by atoms with van der Waals surface area (Å²) in [5.74, 6) is 0.598. The highest BCUT2D eigenvalue weighted by Gasteiger charge is 2.65. The maximum atomic E-state index is 15.4. The molecule has 3 heterocycles. The standard InChI is InChI=1S/C61H89N3O11/c1-3-5-6-7-8-9-10-11-12-18-33-62-60(68)73-47-29-31-52-50(40-47)58-48(25-16-20-35-66)46(24-15-19-34-65)39-49-51(63-75-57-26-17-21-37-69-57)41-55(61(74-52,59(49)58)72-36-4-2)64(56(67)32-28-44-22-13-14-23-44)42-45-27-30-53-54(38-45)71-43-70-53/h4,27,29-31,38-40,44,46,48,55,57-59,65-66H,2-3,5-26,28,32-37,41-43H2,1H3,(H,62,68)/t46-,48+,55-,57?,58+,59+,61+/m0/s1. The van der Waals surface area contributed by atoms with E-state index in [2.05, 4.69) is 24.9 Å². The van der Waals surface area contributed by atoms with E-state index in [0.717, 1.165) is 100 Å². The smallest absolute Gasteiger partial charge is 0.412 e. The molecule has 75 heavy (non-hydrogen) atoms. The molecule has 0 spiro atoms. The average molecular weight is 1040 g/mol. The van der Waals surface area contributed by atoms with Gasteiger partial charge in [0, 0.05) is 57.0 Å². The number of aliphatic hydroxyl groups is 2. The minimum absolute atomic E-state index is 0.00161. The molecule has 3 aliphatic carbocycles. The molecule has 3 aliphatic heterocycles. The number of ether oxygens (including phenoxy) is 6. The summed E-state index contributed by atoms with van der Waals surface area (Å²) >= 11 is 0. The Morgan fingerprint density at radius 2 is 1.57 bits per heavy atom. The van der Waals surface area contributed by atoms with Crippen molar-refractivity contribution in [3.8, 4) is 23.0 Å². The zero-order valence-corrected chi connectivity index (χ0v) is 45.2. The van der Waals surface area contributed by atoms with Gasteiger partial charge in [-0.3, -0.25) is 4.79 Å². The summed E-state index contributed by atoms with van der Waals surface area (Å²) in [6.45, 7) is 8.21. The van der Waals surface area contributed by atoms with E-state index < -0.39 is 30.1 Å². The van der Waals surface area contributed by atoms with Gasteiger partial charge in [-0.2, -0.15) is 0 Å². The third-order valence-electron chi connectivity index (χ3n) is 16.8. The normalized spacial score (nSPS) is 25.2. The van der Waals surface area contributed by atoms with Gasteiger partial charge < -0.3 is 53.7 Å². The minimum Gasteiger partial charge on any atom is -0.459 e. The first kappa shape index (κ1) is 56.6. The second kappa shape index (κ2) is 29.2. The molecule has 2 amide bonds. The summed E-state index contributed by atoms with van der Waals surface area (Å²) in [7, 11) is 0. The van der Waals surface area contributed by atoms with Crippen LogP contribution in [0, 0.1) is 23.7 Å². The number of aliphatic hydroxyl groups excluding tert-OH is 2. The fourth-order valence-corrected chi connectivity index (χ4v) is 13.0. The third kappa shape index (κ3) is 14.9. The van der Waals surface area contributed by atoms with Crippen LogP contribution in [-0.4, -0.2) is 90.7 Å². The van der Waals surface area contributed by atoms with E-state index in [0.29, 0.717) is 67.0 Å². The molecular weight excluding hydrogens is 951 g/mol. The van der Waals surface area contributed by atoms with Gasteiger partial charge in [0.15, 0.2) is 11.5 Å². The SMILES string of the molecule is C=CCO[C@@]12Oc3ccc(OC(=O)NCCCCCCCCCCCC)cc3[C@H]3[C@H](CCCCO)[C@@H](CCCCO)C=C(C(=NOC4CCCCO4)C[C@@H]1N(Cc1ccc4c(c1)OCO4)C(=O)CCC1CCCC1)[C@H]32. The number of benzene rings is 2. The summed E-state index contributed by atoms with van der Waals surface area (Å²) in [5, 5.41) is 28.3. The number of unbranched alkanes of at least 4 members (excludes halogenated alkanes) is 11. The fraction of sp³-hybridized carbons (Fsp3) is 0.689. The number of hydrogen-bond acceptors (Lipinski definition) is 12. The van der Waals surface area contributed by atoms with Crippen LogP contribution in [0.2, 0.25) is 0 Å². The predicted molar refractivity (Wildman–Crippen MR) is 290 cm³/mol. The summed E-state index contributed by atoms with van der Waals surface area (Å²) in [6, 6.07) is 10.8. The molecule has 7 atom stereocenters. The first-order valence-electron chi connectivity index (χ1n) is 29.3. The van der Waals surface area contributed by atoms with Crippen LogP contribution in [0.1, 0.15) is 191 Å². The highest BCUT2D eigenvalue weighted by atomic mass is 16.8. The minimum atomic E-state index is -1.45. The lowest BCUT2D eigenvalue weighted by Crippen LogP contribution is -2.70. The third-order valence-corrected chi connectivity index (χ3v) is 16.8. The molecule has 1 unspecified atom stereocenters. The van der Waals surface area contributed by atoms with Crippen LogP contribution in [0.5, 0.6) is 23.0 Å². The molecular formula is C61H89N3O11. The molecule has 3 N–H and O–H groups in total. The molecule has 2 saturated carbocycles. The van der Waals surface area contributed by atoms with Crippen molar-refractivity contribution < 1.29 is 53.1 Å². The second-order valence-electron chi connectivity index (χ2n) is 22.1. The zero-order valence-electron chi connectivity index (χ0n) is 45.2. The van der Waals surface area contributed by atoms with Crippen molar-refractivity contribution >= 4 is 17.7 Å². The highest BCUT2D eigenvalue weighted by molar-refractivity contribution is 6.03. The monoisotopic (exact) mass is 1040 g/mol. The van der Waals surface area contributed by atoms with E-state index in [1.165, 1.54) is 57.8 Å². The molecule has 414 valence electrons.